The van der Waals surface area contributed by atoms with E-state index in [1.807, 2.05) is 0 Å². The summed E-state index contributed by atoms with van der Waals surface area (Å²) < 4.78 is 5.76. The first-order valence-electron chi connectivity index (χ1n) is 3.38. The molecule has 0 aliphatic rings. The van der Waals surface area contributed by atoms with Gasteiger partial charge in [-0.2, -0.15) is 4.79 Å². The minimum Gasteiger partial charge on any atom is -0.415 e. The molecule has 0 atom stereocenters. The molecule has 0 heterocycles. The molecule has 10 heavy (non-hydrogen) atoms. The van der Waals surface area contributed by atoms with Crippen molar-refractivity contribution in [3.8, 4) is 0 Å². The van der Waals surface area contributed by atoms with Gasteiger partial charge in [-0.3, -0.25) is 0 Å². The third-order valence-corrected chi connectivity index (χ3v) is 1.21. The van der Waals surface area contributed by atoms with Gasteiger partial charge in [-0.25, -0.2) is 0 Å². The Labute approximate surface area is 61.3 Å². The molecular formula is C7H14NO2+. The van der Waals surface area contributed by atoms with Gasteiger partial charge in [0, 0.05) is 6.42 Å². The van der Waals surface area contributed by atoms with Crippen LogP contribution in [0.3, 0.4) is 0 Å². The van der Waals surface area contributed by atoms with Crippen LogP contribution in [-0.2, 0) is 4.74 Å². The van der Waals surface area contributed by atoms with Gasteiger partial charge in [-0.15, -0.1) is 4.58 Å². The highest BCUT2D eigenvalue weighted by Gasteiger charge is 2.12. The third-order valence-electron chi connectivity index (χ3n) is 1.21. The van der Waals surface area contributed by atoms with Crippen LogP contribution < -0.4 is 0 Å². The van der Waals surface area contributed by atoms with Crippen LogP contribution in [0, 0.1) is 0 Å². The first kappa shape index (κ1) is 9.14. The van der Waals surface area contributed by atoms with E-state index >= 15 is 0 Å². The Morgan fingerprint density at radius 2 is 2.30 bits per heavy atom. The molecule has 0 fully saturated rings. The molecule has 0 aromatic heterocycles. The Hall–Kier alpha value is -0.860. The van der Waals surface area contributed by atoms with Crippen molar-refractivity contribution in [2.45, 2.75) is 19.8 Å². The monoisotopic (exact) mass is 144 g/mol. The molecule has 0 aromatic carbocycles. The zero-order valence-electron chi connectivity index (χ0n) is 6.59. The van der Waals surface area contributed by atoms with Gasteiger partial charge >= 0.3 is 6.09 Å². The first-order chi connectivity index (χ1) is 4.72. The van der Waals surface area contributed by atoms with E-state index in [4.69, 9.17) is 0 Å². The highest BCUT2D eigenvalue weighted by molar-refractivity contribution is 5.59. The van der Waals surface area contributed by atoms with E-state index in [9.17, 15) is 4.79 Å². The van der Waals surface area contributed by atoms with Crippen LogP contribution in [0.1, 0.15) is 19.8 Å². The average Bonchev–Trinajstić information content (AvgIpc) is 1.98. The Balaban J connectivity index is 3.52. The van der Waals surface area contributed by atoms with Gasteiger partial charge in [0.15, 0.2) is 6.54 Å². The fourth-order valence-electron chi connectivity index (χ4n) is 0.569. The molecule has 1 amide bonds. The fraction of sp³-hybridized carbons (Fsp3) is 0.714. The van der Waals surface area contributed by atoms with Crippen LogP contribution in [0.25, 0.3) is 0 Å². The second-order valence-electron chi connectivity index (χ2n) is 2.09. The molecule has 0 spiro atoms. The molecule has 0 radical (unpaired) electrons. The third kappa shape index (κ3) is 3.22. The molecule has 3 nitrogen and oxygen atoms in total. The number of amides is 1. The quantitative estimate of drug-likeness (QED) is 0.441. The van der Waals surface area contributed by atoms with E-state index in [0.29, 0.717) is 6.54 Å². The average molecular weight is 144 g/mol. The van der Waals surface area contributed by atoms with Gasteiger partial charge in [0.2, 0.25) is 0 Å². The lowest BCUT2D eigenvalue weighted by molar-refractivity contribution is -0.437. The van der Waals surface area contributed by atoms with Crippen LogP contribution in [-0.4, -0.2) is 31.0 Å². The second-order valence-corrected chi connectivity index (χ2v) is 2.09. The molecule has 58 valence electrons. The van der Waals surface area contributed by atoms with E-state index in [1.165, 1.54) is 11.7 Å². The minimum absolute atomic E-state index is 0.367. The summed E-state index contributed by atoms with van der Waals surface area (Å²) in [5, 5.41) is 0. The van der Waals surface area contributed by atoms with Crippen LogP contribution in [0.2, 0.25) is 0 Å². The van der Waals surface area contributed by atoms with Crippen molar-refractivity contribution in [1.82, 2.24) is 0 Å². The summed E-state index contributed by atoms with van der Waals surface area (Å²) in [5.41, 5.74) is 0. The second kappa shape index (κ2) is 4.97. The van der Waals surface area contributed by atoms with Crippen LogP contribution in [0.15, 0.2) is 0 Å². The zero-order chi connectivity index (χ0) is 7.98. The molecule has 0 aliphatic carbocycles. The van der Waals surface area contributed by atoms with Crippen LogP contribution in [0.5, 0.6) is 0 Å². The molecule has 0 aromatic rings. The highest BCUT2D eigenvalue weighted by Crippen LogP contribution is 1.88. The number of carbonyl (C=O) groups is 1. The number of methoxy groups -OCH3 is 1. The fourth-order valence-corrected chi connectivity index (χ4v) is 0.569. The maximum atomic E-state index is 10.7. The van der Waals surface area contributed by atoms with Gasteiger partial charge in [-0.1, -0.05) is 13.3 Å². The zero-order valence-corrected chi connectivity index (χ0v) is 6.59. The summed E-state index contributed by atoms with van der Waals surface area (Å²) in [4.78, 5) is 10.7. The molecule has 0 rings (SSSR count). The van der Waals surface area contributed by atoms with Crippen molar-refractivity contribution < 1.29 is 14.1 Å². The summed E-state index contributed by atoms with van der Waals surface area (Å²) in [6, 6.07) is 0. The number of rotatable bonds is 3. The Kier molecular flexibility index (Phi) is 4.54. The number of ether oxygens (including phenoxy) is 1. The normalized spacial score (nSPS) is 9.00. The predicted molar refractivity (Wildman–Crippen MR) is 39.6 cm³/mol. The van der Waals surface area contributed by atoms with Crippen molar-refractivity contribution in [3.63, 3.8) is 0 Å². The Morgan fingerprint density at radius 1 is 1.70 bits per heavy atom. The lowest BCUT2D eigenvalue weighted by Crippen LogP contribution is -2.19. The molecule has 0 unspecified atom stereocenters. The molecule has 0 saturated carbocycles. The first-order valence-corrected chi connectivity index (χ1v) is 3.38. The predicted octanol–water partition coefficient (Wildman–Crippen LogP) is 1.27. The van der Waals surface area contributed by atoms with Gasteiger partial charge in [0.1, 0.15) is 6.72 Å². The molecule has 0 N–H and O–H groups in total. The summed E-state index contributed by atoms with van der Waals surface area (Å²) in [7, 11) is 1.35. The number of unbranched alkanes of at least 4 members (excludes halogenated alkanes) is 1. The van der Waals surface area contributed by atoms with Crippen LogP contribution in [0.4, 0.5) is 4.79 Å². The van der Waals surface area contributed by atoms with Crippen molar-refractivity contribution >= 4 is 12.8 Å². The van der Waals surface area contributed by atoms with Gasteiger partial charge in [0.25, 0.3) is 0 Å². The lowest BCUT2D eigenvalue weighted by Gasteiger charge is -1.94. The summed E-state index contributed by atoms with van der Waals surface area (Å²) >= 11 is 0. The van der Waals surface area contributed by atoms with E-state index in [0.717, 1.165) is 12.8 Å². The van der Waals surface area contributed by atoms with Gasteiger partial charge in [0.05, 0.1) is 7.11 Å². The topological polar surface area (TPSA) is 29.3 Å². The van der Waals surface area contributed by atoms with Gasteiger partial charge < -0.3 is 4.74 Å². The number of hydrogen-bond donors (Lipinski definition) is 0. The molecular weight excluding hydrogens is 130 g/mol. The van der Waals surface area contributed by atoms with Crippen molar-refractivity contribution in [1.29, 1.82) is 0 Å². The van der Waals surface area contributed by atoms with Crippen molar-refractivity contribution in [2.75, 3.05) is 13.7 Å². The highest BCUT2D eigenvalue weighted by atomic mass is 16.5. The van der Waals surface area contributed by atoms with Gasteiger partial charge in [-0.05, 0) is 0 Å². The van der Waals surface area contributed by atoms with E-state index in [2.05, 4.69) is 18.4 Å². The summed E-state index contributed by atoms with van der Waals surface area (Å²) in [6.45, 7) is 6.24. The molecule has 0 aliphatic heterocycles. The molecule has 3 heteroatoms. The summed E-state index contributed by atoms with van der Waals surface area (Å²) in [5.74, 6) is 0. The number of carbonyl (C=O) groups excluding carboxylic acids is 1. The SMILES string of the molecule is C=[N+](CCCC)C(=O)OC. The smallest absolute Gasteiger partial charge is 0.415 e. The van der Waals surface area contributed by atoms with Crippen molar-refractivity contribution in [3.05, 3.63) is 0 Å². The maximum Gasteiger partial charge on any atom is 0.595 e. The summed E-state index contributed by atoms with van der Waals surface area (Å²) in [6.07, 6.45) is 1.66. The largest absolute Gasteiger partial charge is 0.595 e. The Morgan fingerprint density at radius 3 is 2.70 bits per heavy atom. The molecule has 0 saturated heterocycles. The maximum absolute atomic E-state index is 10.7. The number of nitrogens with zero attached hydrogens (tertiary/aromatic N) is 1. The lowest BCUT2D eigenvalue weighted by atomic mass is 10.3. The van der Waals surface area contributed by atoms with Crippen molar-refractivity contribution in [2.24, 2.45) is 0 Å². The minimum atomic E-state index is -0.367. The Bertz CT molecular complexity index is 132. The number of hydrogen-bond acceptors (Lipinski definition) is 2. The molecule has 0 bridgehead atoms. The van der Waals surface area contributed by atoms with Crippen LogP contribution >= 0.6 is 0 Å². The standard InChI is InChI=1S/C7H14NO2/c1-4-5-6-8(2)7(9)10-3/h2,4-6H2,1,3H3/q+1. The van der Waals surface area contributed by atoms with E-state index in [-0.39, 0.29) is 6.09 Å². The van der Waals surface area contributed by atoms with E-state index < -0.39 is 0 Å². The van der Waals surface area contributed by atoms with E-state index in [1.54, 1.807) is 0 Å².